The van der Waals surface area contributed by atoms with Gasteiger partial charge in [0.1, 0.15) is 0 Å². The van der Waals surface area contributed by atoms with Gasteiger partial charge in [0.25, 0.3) is 0 Å². The Morgan fingerprint density at radius 3 is 2.33 bits per heavy atom. The van der Waals surface area contributed by atoms with Crippen LogP contribution in [-0.2, 0) is 0 Å². The van der Waals surface area contributed by atoms with E-state index in [9.17, 15) is 0 Å². The van der Waals surface area contributed by atoms with Crippen LogP contribution in [0.25, 0.3) is 0 Å². The molecule has 0 amide bonds. The first-order chi connectivity index (χ1) is 9.85. The molecule has 4 heteroatoms. The number of rotatable bonds is 8. The lowest BCUT2D eigenvalue weighted by atomic mass is 10.0. The largest absolute Gasteiger partial charge is 0.308 e. The predicted molar refractivity (Wildman–Crippen MR) is 94.4 cm³/mol. The molecule has 120 valence electrons. The van der Waals surface area contributed by atoms with E-state index in [2.05, 4.69) is 45.1 Å². The number of likely N-dealkylation sites (N-methyl/N-ethyl adjacent to an activating group) is 1. The van der Waals surface area contributed by atoms with Crippen molar-refractivity contribution >= 4 is 23.2 Å². The van der Waals surface area contributed by atoms with Gasteiger partial charge < -0.3 is 10.2 Å². The summed E-state index contributed by atoms with van der Waals surface area (Å²) in [6.07, 6.45) is 2.19. The molecule has 0 aliphatic carbocycles. The first-order valence-electron chi connectivity index (χ1n) is 7.69. The summed E-state index contributed by atoms with van der Waals surface area (Å²) in [6, 6.07) is 6.55. The van der Waals surface area contributed by atoms with Gasteiger partial charge in [-0.1, -0.05) is 50.0 Å². The van der Waals surface area contributed by atoms with E-state index in [0.29, 0.717) is 17.0 Å². The van der Waals surface area contributed by atoms with Crippen LogP contribution in [0.3, 0.4) is 0 Å². The lowest BCUT2D eigenvalue weighted by Gasteiger charge is -2.29. The normalized spacial score (nSPS) is 14.7. The molecule has 0 saturated heterocycles. The molecule has 0 fully saturated rings. The van der Waals surface area contributed by atoms with Gasteiger partial charge in [-0.2, -0.15) is 0 Å². The van der Waals surface area contributed by atoms with Crippen LogP contribution >= 0.6 is 23.2 Å². The minimum absolute atomic E-state index is 0.268. The highest BCUT2D eigenvalue weighted by Gasteiger charge is 2.17. The Hall–Kier alpha value is -0.280. The van der Waals surface area contributed by atoms with E-state index in [-0.39, 0.29) is 6.04 Å². The summed E-state index contributed by atoms with van der Waals surface area (Å²) < 4.78 is 0. The van der Waals surface area contributed by atoms with E-state index < -0.39 is 0 Å². The minimum Gasteiger partial charge on any atom is -0.308 e. The van der Waals surface area contributed by atoms with Crippen LogP contribution in [0.1, 0.15) is 45.2 Å². The molecule has 0 radical (unpaired) electrons. The number of halogens is 2. The van der Waals surface area contributed by atoms with Gasteiger partial charge in [-0.25, -0.2) is 0 Å². The third-order valence-electron chi connectivity index (χ3n) is 3.82. The fourth-order valence-electron chi connectivity index (χ4n) is 2.56. The predicted octanol–water partition coefficient (Wildman–Crippen LogP) is 5.01. The molecule has 21 heavy (non-hydrogen) atoms. The smallest absolute Gasteiger partial charge is 0.0468 e. The molecule has 0 aliphatic rings. The van der Waals surface area contributed by atoms with Crippen molar-refractivity contribution in [1.29, 1.82) is 0 Å². The Bertz CT molecular complexity index is 433. The van der Waals surface area contributed by atoms with Crippen LogP contribution in [-0.4, -0.2) is 31.6 Å². The molecule has 1 aromatic rings. The van der Waals surface area contributed by atoms with Crippen molar-refractivity contribution in [3.8, 4) is 0 Å². The van der Waals surface area contributed by atoms with E-state index >= 15 is 0 Å². The monoisotopic (exact) mass is 330 g/mol. The molecule has 0 saturated carbocycles. The molecule has 1 N–H and O–H groups in total. The molecule has 1 rings (SSSR count). The Balaban J connectivity index is 2.73. The maximum Gasteiger partial charge on any atom is 0.0468 e. The fraction of sp³-hybridized carbons (Fsp3) is 0.647. The molecule has 2 atom stereocenters. The number of nitrogens with zero attached hydrogens (tertiary/aromatic N) is 1. The van der Waals surface area contributed by atoms with E-state index in [0.717, 1.165) is 23.6 Å². The number of benzene rings is 1. The summed E-state index contributed by atoms with van der Waals surface area (Å²) in [6.45, 7) is 7.67. The molecule has 0 spiro atoms. The first kappa shape index (κ1) is 18.8. The zero-order valence-corrected chi connectivity index (χ0v) is 15.3. The second kappa shape index (κ2) is 8.99. The Morgan fingerprint density at radius 2 is 1.86 bits per heavy atom. The molecule has 0 heterocycles. The van der Waals surface area contributed by atoms with Gasteiger partial charge in [-0.15, -0.1) is 0 Å². The van der Waals surface area contributed by atoms with Gasteiger partial charge in [-0.05, 0) is 50.6 Å². The van der Waals surface area contributed by atoms with Crippen molar-refractivity contribution in [3.05, 3.63) is 33.8 Å². The van der Waals surface area contributed by atoms with E-state index in [1.165, 1.54) is 6.42 Å². The molecule has 2 nitrogen and oxygen atoms in total. The van der Waals surface area contributed by atoms with E-state index in [1.54, 1.807) is 0 Å². The molecular weight excluding hydrogens is 303 g/mol. The highest BCUT2D eigenvalue weighted by molar-refractivity contribution is 6.35. The summed E-state index contributed by atoms with van der Waals surface area (Å²) in [4.78, 5) is 2.29. The lowest BCUT2D eigenvalue weighted by molar-refractivity contribution is 0.239. The summed E-state index contributed by atoms with van der Waals surface area (Å²) in [7, 11) is 4.29. The van der Waals surface area contributed by atoms with Crippen LogP contribution < -0.4 is 5.32 Å². The third-order valence-corrected chi connectivity index (χ3v) is 4.38. The zero-order valence-electron chi connectivity index (χ0n) is 13.8. The highest BCUT2D eigenvalue weighted by Crippen LogP contribution is 2.28. The number of hydrogen-bond acceptors (Lipinski definition) is 2. The van der Waals surface area contributed by atoms with Gasteiger partial charge in [-0.3, -0.25) is 0 Å². The van der Waals surface area contributed by atoms with Crippen LogP contribution in [0.4, 0.5) is 0 Å². The van der Waals surface area contributed by atoms with E-state index in [1.807, 2.05) is 18.2 Å². The second-order valence-electron chi connectivity index (χ2n) is 6.28. The van der Waals surface area contributed by atoms with Gasteiger partial charge in [0, 0.05) is 28.7 Å². The molecular formula is C17H28Cl2N2. The second-order valence-corrected chi connectivity index (χ2v) is 7.13. The zero-order chi connectivity index (χ0) is 16.0. The molecule has 0 aliphatic heterocycles. The van der Waals surface area contributed by atoms with Gasteiger partial charge in [0.15, 0.2) is 0 Å². The van der Waals surface area contributed by atoms with Crippen LogP contribution in [0, 0.1) is 5.92 Å². The van der Waals surface area contributed by atoms with Crippen molar-refractivity contribution in [2.24, 2.45) is 5.92 Å². The number of hydrogen-bond donors (Lipinski definition) is 1. The van der Waals surface area contributed by atoms with Crippen molar-refractivity contribution in [1.82, 2.24) is 10.2 Å². The Labute approximate surface area is 139 Å². The maximum absolute atomic E-state index is 6.33. The summed E-state index contributed by atoms with van der Waals surface area (Å²) in [5.41, 5.74) is 1.13. The van der Waals surface area contributed by atoms with Crippen LogP contribution in [0.2, 0.25) is 10.0 Å². The van der Waals surface area contributed by atoms with Gasteiger partial charge in [0.05, 0.1) is 0 Å². The first-order valence-corrected chi connectivity index (χ1v) is 8.45. The quantitative estimate of drug-likeness (QED) is 0.720. The van der Waals surface area contributed by atoms with Gasteiger partial charge >= 0.3 is 0 Å². The standard InChI is InChI=1S/C17H28Cl2N2/c1-6-17(15-8-7-13(18)10-16(15)19)20-11-14(21(4)5)9-12(2)3/h7-8,10,12,14,17,20H,6,9,11H2,1-5H3. The van der Waals surface area contributed by atoms with E-state index in [4.69, 9.17) is 23.2 Å². The highest BCUT2D eigenvalue weighted by atomic mass is 35.5. The fourth-order valence-corrected chi connectivity index (χ4v) is 3.10. The lowest BCUT2D eigenvalue weighted by Crippen LogP contribution is -2.40. The summed E-state index contributed by atoms with van der Waals surface area (Å²) in [5.74, 6) is 0.693. The Morgan fingerprint density at radius 1 is 1.19 bits per heavy atom. The van der Waals surface area contributed by atoms with Gasteiger partial charge in [0.2, 0.25) is 0 Å². The molecule has 1 aromatic carbocycles. The maximum atomic E-state index is 6.33. The molecule has 2 unspecified atom stereocenters. The Kier molecular flexibility index (Phi) is 8.04. The molecule has 0 aromatic heterocycles. The van der Waals surface area contributed by atoms with Crippen molar-refractivity contribution in [2.75, 3.05) is 20.6 Å². The third kappa shape index (κ3) is 6.15. The van der Waals surface area contributed by atoms with Crippen molar-refractivity contribution in [2.45, 2.75) is 45.7 Å². The number of nitrogens with one attached hydrogen (secondary N) is 1. The van der Waals surface area contributed by atoms with Crippen LogP contribution in [0.15, 0.2) is 18.2 Å². The summed E-state index contributed by atoms with van der Waals surface area (Å²) in [5, 5.41) is 5.09. The SMILES string of the molecule is CCC(NCC(CC(C)C)N(C)C)c1ccc(Cl)cc1Cl. The topological polar surface area (TPSA) is 15.3 Å². The van der Waals surface area contributed by atoms with Crippen molar-refractivity contribution in [3.63, 3.8) is 0 Å². The summed E-state index contributed by atoms with van der Waals surface area (Å²) >= 11 is 12.3. The van der Waals surface area contributed by atoms with Crippen molar-refractivity contribution < 1.29 is 0 Å². The average Bonchev–Trinajstić information content (AvgIpc) is 2.39. The average molecular weight is 331 g/mol. The van der Waals surface area contributed by atoms with Crippen LogP contribution in [0.5, 0.6) is 0 Å². The molecule has 0 bridgehead atoms. The minimum atomic E-state index is 0.268.